The van der Waals surface area contributed by atoms with Gasteiger partial charge in [0.25, 0.3) is 0 Å². The van der Waals surface area contributed by atoms with Crippen molar-refractivity contribution in [3.05, 3.63) is 43.0 Å². The summed E-state index contributed by atoms with van der Waals surface area (Å²) in [6, 6.07) is 9.69. The summed E-state index contributed by atoms with van der Waals surface area (Å²) in [5.74, 6) is 0.891. The van der Waals surface area contributed by atoms with Crippen LogP contribution in [0.3, 0.4) is 0 Å². The minimum atomic E-state index is -0.104. The van der Waals surface area contributed by atoms with Crippen LogP contribution >= 0.6 is 0 Å². The van der Waals surface area contributed by atoms with Gasteiger partial charge >= 0.3 is 0 Å². The minimum Gasteiger partial charge on any atom is -0.490 e. The van der Waals surface area contributed by atoms with E-state index in [1.165, 1.54) is 0 Å². The molecular formula is C16H27NO2. The van der Waals surface area contributed by atoms with E-state index in [-0.39, 0.29) is 6.10 Å². The molecule has 3 heteroatoms. The van der Waals surface area contributed by atoms with E-state index in [4.69, 9.17) is 9.84 Å². The van der Waals surface area contributed by atoms with Crippen LogP contribution in [-0.4, -0.2) is 43.4 Å². The molecule has 1 N–H and O–H groups in total. The van der Waals surface area contributed by atoms with Crippen LogP contribution in [0.4, 0.5) is 0 Å². The number of hydrogen-bond acceptors (Lipinski definition) is 3. The van der Waals surface area contributed by atoms with Crippen molar-refractivity contribution in [2.24, 2.45) is 0 Å². The predicted molar refractivity (Wildman–Crippen MR) is 81.6 cm³/mol. The summed E-state index contributed by atoms with van der Waals surface area (Å²) in [4.78, 5) is 2.08. The number of aliphatic hydroxyl groups excluding tert-OH is 1. The molecule has 0 aromatic heterocycles. The van der Waals surface area contributed by atoms with Gasteiger partial charge in [0.1, 0.15) is 12.4 Å². The van der Waals surface area contributed by atoms with Crippen LogP contribution in [0.1, 0.15) is 19.8 Å². The van der Waals surface area contributed by atoms with Crippen molar-refractivity contribution in [2.75, 3.05) is 27.2 Å². The number of ether oxygens (including phenoxy) is 1. The van der Waals surface area contributed by atoms with E-state index >= 15 is 0 Å². The van der Waals surface area contributed by atoms with E-state index in [0.717, 1.165) is 25.1 Å². The lowest BCUT2D eigenvalue weighted by Gasteiger charge is -2.11. The summed E-state index contributed by atoms with van der Waals surface area (Å²) in [5.41, 5.74) is 0. The summed E-state index contributed by atoms with van der Waals surface area (Å²) in [5, 5.41) is 9.08. The van der Waals surface area contributed by atoms with Crippen LogP contribution in [0.25, 0.3) is 0 Å². The van der Waals surface area contributed by atoms with E-state index in [9.17, 15) is 0 Å². The van der Waals surface area contributed by atoms with Gasteiger partial charge in [0, 0.05) is 0 Å². The van der Waals surface area contributed by atoms with Crippen molar-refractivity contribution in [3.63, 3.8) is 0 Å². The molecule has 0 spiro atoms. The largest absolute Gasteiger partial charge is 0.490 e. The topological polar surface area (TPSA) is 32.7 Å². The molecule has 1 aromatic rings. The number of hydrogen-bond donors (Lipinski definition) is 1. The molecule has 0 radical (unpaired) electrons. The molecule has 0 aliphatic rings. The van der Waals surface area contributed by atoms with Crippen LogP contribution in [0.15, 0.2) is 43.0 Å². The molecule has 1 unspecified atom stereocenters. The zero-order valence-electron chi connectivity index (χ0n) is 12.4. The highest BCUT2D eigenvalue weighted by atomic mass is 16.5. The Kier molecular flexibility index (Phi) is 10.9. The molecular weight excluding hydrogens is 238 g/mol. The standard InChI is InChI=1S/C9H10O.C7H17NO/c1-2-8-10-9-6-4-3-5-7-9;1-4-7(9)5-6-8(2)3/h2-7H,1,8H2;7,9H,4-6H2,1-3H3. The maximum Gasteiger partial charge on any atom is 0.119 e. The molecule has 1 rings (SSSR count). The number of aliphatic hydroxyl groups is 1. The average molecular weight is 265 g/mol. The smallest absolute Gasteiger partial charge is 0.119 e. The lowest BCUT2D eigenvalue weighted by molar-refractivity contribution is 0.148. The normalized spacial score (nSPS) is 11.4. The van der Waals surface area contributed by atoms with Crippen molar-refractivity contribution in [2.45, 2.75) is 25.9 Å². The lowest BCUT2D eigenvalue weighted by atomic mass is 10.2. The first-order valence-corrected chi connectivity index (χ1v) is 6.71. The number of rotatable bonds is 7. The second-order valence-corrected chi connectivity index (χ2v) is 4.57. The fraction of sp³-hybridized carbons (Fsp3) is 0.500. The highest BCUT2D eigenvalue weighted by molar-refractivity contribution is 5.21. The Bertz CT molecular complexity index is 312. The molecule has 0 saturated heterocycles. The van der Waals surface area contributed by atoms with Gasteiger partial charge in [-0.25, -0.2) is 0 Å². The highest BCUT2D eigenvalue weighted by Crippen LogP contribution is 2.07. The fourth-order valence-corrected chi connectivity index (χ4v) is 1.28. The molecule has 0 amide bonds. The van der Waals surface area contributed by atoms with E-state index in [1.54, 1.807) is 6.08 Å². The monoisotopic (exact) mass is 265 g/mol. The SMILES string of the molecule is C=CCOc1ccccc1.CCC(O)CCN(C)C. The van der Waals surface area contributed by atoms with Gasteiger partial charge in [-0.2, -0.15) is 0 Å². The first-order valence-electron chi connectivity index (χ1n) is 6.71. The van der Waals surface area contributed by atoms with Gasteiger partial charge in [-0.3, -0.25) is 0 Å². The number of nitrogens with zero attached hydrogens (tertiary/aromatic N) is 1. The predicted octanol–water partition coefficient (Wildman–Crippen LogP) is 2.96. The van der Waals surface area contributed by atoms with Crippen molar-refractivity contribution >= 4 is 0 Å². The molecule has 0 bridgehead atoms. The van der Waals surface area contributed by atoms with Crippen LogP contribution in [0.5, 0.6) is 5.75 Å². The fourth-order valence-electron chi connectivity index (χ4n) is 1.28. The Morgan fingerprint density at radius 1 is 1.32 bits per heavy atom. The third-order valence-electron chi connectivity index (χ3n) is 2.49. The Hall–Kier alpha value is -1.32. The molecule has 0 saturated carbocycles. The maximum atomic E-state index is 9.08. The highest BCUT2D eigenvalue weighted by Gasteiger charge is 1.99. The van der Waals surface area contributed by atoms with Crippen molar-refractivity contribution in [1.82, 2.24) is 4.90 Å². The van der Waals surface area contributed by atoms with Crippen molar-refractivity contribution < 1.29 is 9.84 Å². The Morgan fingerprint density at radius 2 is 1.95 bits per heavy atom. The van der Waals surface area contributed by atoms with Crippen LogP contribution < -0.4 is 4.74 Å². The second-order valence-electron chi connectivity index (χ2n) is 4.57. The summed E-state index contributed by atoms with van der Waals surface area (Å²) >= 11 is 0. The zero-order valence-corrected chi connectivity index (χ0v) is 12.4. The molecule has 19 heavy (non-hydrogen) atoms. The van der Waals surface area contributed by atoms with Gasteiger partial charge in [-0.05, 0) is 45.6 Å². The summed E-state index contributed by atoms with van der Waals surface area (Å²) in [6.07, 6.45) is 3.39. The van der Waals surface area contributed by atoms with Crippen molar-refractivity contribution in [3.8, 4) is 5.75 Å². The molecule has 0 heterocycles. The van der Waals surface area contributed by atoms with E-state index < -0.39 is 0 Å². The Balaban J connectivity index is 0.000000344. The molecule has 3 nitrogen and oxygen atoms in total. The molecule has 108 valence electrons. The van der Waals surface area contributed by atoms with E-state index in [0.29, 0.717) is 6.61 Å². The lowest BCUT2D eigenvalue weighted by Crippen LogP contribution is -2.18. The number of benzene rings is 1. The van der Waals surface area contributed by atoms with Crippen LogP contribution in [0.2, 0.25) is 0 Å². The number of para-hydroxylation sites is 1. The second kappa shape index (κ2) is 11.8. The van der Waals surface area contributed by atoms with Gasteiger partial charge in [-0.15, -0.1) is 0 Å². The van der Waals surface area contributed by atoms with E-state index in [1.807, 2.05) is 51.4 Å². The first-order chi connectivity index (χ1) is 9.10. The van der Waals surface area contributed by atoms with Gasteiger partial charge in [0.2, 0.25) is 0 Å². The average Bonchev–Trinajstić information content (AvgIpc) is 2.44. The Morgan fingerprint density at radius 3 is 2.42 bits per heavy atom. The molecule has 1 atom stereocenters. The quantitative estimate of drug-likeness (QED) is 0.769. The summed E-state index contributed by atoms with van der Waals surface area (Å²) < 4.78 is 5.24. The van der Waals surface area contributed by atoms with Gasteiger partial charge in [0.15, 0.2) is 0 Å². The van der Waals surface area contributed by atoms with Crippen LogP contribution in [0, 0.1) is 0 Å². The third kappa shape index (κ3) is 11.5. The Labute approximate surface area is 117 Å². The van der Waals surface area contributed by atoms with Crippen molar-refractivity contribution in [1.29, 1.82) is 0 Å². The summed E-state index contributed by atoms with van der Waals surface area (Å²) in [6.45, 7) is 7.11. The first kappa shape index (κ1) is 17.7. The molecule has 0 aliphatic heterocycles. The minimum absolute atomic E-state index is 0.104. The molecule has 0 aliphatic carbocycles. The van der Waals surface area contributed by atoms with Gasteiger partial charge in [-0.1, -0.05) is 37.8 Å². The van der Waals surface area contributed by atoms with Crippen LogP contribution in [-0.2, 0) is 0 Å². The zero-order chi connectivity index (χ0) is 14.5. The third-order valence-corrected chi connectivity index (χ3v) is 2.49. The summed E-state index contributed by atoms with van der Waals surface area (Å²) in [7, 11) is 4.03. The van der Waals surface area contributed by atoms with Gasteiger partial charge in [0.05, 0.1) is 6.10 Å². The van der Waals surface area contributed by atoms with E-state index in [2.05, 4.69) is 11.5 Å². The molecule has 0 fully saturated rings. The molecule has 1 aromatic carbocycles. The maximum absolute atomic E-state index is 9.08. The van der Waals surface area contributed by atoms with Gasteiger partial charge < -0.3 is 14.7 Å².